The number of carbonyl (C=O) groups is 1. The lowest BCUT2D eigenvalue weighted by atomic mass is 9.77. The van der Waals surface area contributed by atoms with Crippen LogP contribution in [0, 0.1) is 0 Å². The molecule has 1 aliphatic heterocycles. The van der Waals surface area contributed by atoms with Gasteiger partial charge in [-0.1, -0.05) is 6.07 Å². The summed E-state index contributed by atoms with van der Waals surface area (Å²) >= 11 is 0. The first-order valence-corrected chi connectivity index (χ1v) is 8.49. The third-order valence-corrected chi connectivity index (χ3v) is 4.89. The summed E-state index contributed by atoms with van der Waals surface area (Å²) < 4.78 is 31.2. The fraction of sp³-hybridized carbons (Fsp3) is 0.385. The van der Waals surface area contributed by atoms with Crippen LogP contribution in [0.5, 0.6) is 5.75 Å². The molecule has 0 unspecified atom stereocenters. The Kier molecular flexibility index (Phi) is 3.74. The third-order valence-electron chi connectivity index (χ3n) is 3.94. The lowest BCUT2D eigenvalue weighted by molar-refractivity contribution is 0.0951. The van der Waals surface area contributed by atoms with Crippen molar-refractivity contribution in [1.82, 2.24) is 5.32 Å². The molecule has 1 aliphatic carbocycles. The first-order chi connectivity index (χ1) is 10.8. The molecule has 3 rings (SSSR count). The van der Waals surface area contributed by atoms with Gasteiger partial charge in [0.15, 0.2) is 5.84 Å². The van der Waals surface area contributed by atoms with Crippen LogP contribution in [0.25, 0.3) is 0 Å². The van der Waals surface area contributed by atoms with Crippen molar-refractivity contribution in [3.63, 3.8) is 0 Å². The van der Waals surface area contributed by atoms with Crippen LogP contribution in [0.4, 0.5) is 10.5 Å². The topological polar surface area (TPSA) is 149 Å². The van der Waals surface area contributed by atoms with Gasteiger partial charge >= 0.3 is 6.09 Å². The average molecular weight is 342 g/mol. The van der Waals surface area contributed by atoms with Crippen LogP contribution in [-0.4, -0.2) is 38.3 Å². The fourth-order valence-electron chi connectivity index (χ4n) is 2.71. The van der Waals surface area contributed by atoms with Crippen LogP contribution in [0.1, 0.15) is 24.8 Å². The van der Waals surface area contributed by atoms with Gasteiger partial charge in [-0.3, -0.25) is 13.8 Å². The standard InChI is InChI=1S/C13H18N4O5S/c14-11-10-8(16-23(20,21)17-11)3-1-4-9(10)22-7-13(5-2-6-13)15-12(18)19/h1,3-4,15-16,20-21H,2,5-7H2,(H2,14,17)(H,18,19). The Morgan fingerprint density at radius 1 is 1.48 bits per heavy atom. The molecule has 1 amide bonds. The highest BCUT2D eigenvalue weighted by Crippen LogP contribution is 2.47. The van der Waals surface area contributed by atoms with Gasteiger partial charge < -0.3 is 20.9 Å². The summed E-state index contributed by atoms with van der Waals surface area (Å²) in [7, 11) is -3.35. The second-order valence-corrected chi connectivity index (χ2v) is 7.05. The monoisotopic (exact) mass is 342 g/mol. The van der Waals surface area contributed by atoms with Crippen molar-refractivity contribution in [1.29, 1.82) is 0 Å². The van der Waals surface area contributed by atoms with Crippen molar-refractivity contribution in [2.75, 3.05) is 11.3 Å². The molecule has 1 aromatic carbocycles. The van der Waals surface area contributed by atoms with Gasteiger partial charge in [0.25, 0.3) is 0 Å². The molecular weight excluding hydrogens is 324 g/mol. The maximum atomic E-state index is 10.9. The number of ether oxygens (including phenoxy) is 1. The Balaban J connectivity index is 1.81. The summed E-state index contributed by atoms with van der Waals surface area (Å²) in [6.45, 7) is 0.166. The molecule has 1 aromatic rings. The number of hydrogen-bond acceptors (Lipinski definition) is 7. The fourth-order valence-corrected chi connectivity index (χ4v) is 3.58. The van der Waals surface area contributed by atoms with Crippen LogP contribution < -0.4 is 20.5 Å². The third kappa shape index (κ3) is 3.14. The minimum absolute atomic E-state index is 0.0387. The van der Waals surface area contributed by atoms with Gasteiger partial charge in [-0.25, -0.2) is 4.79 Å². The van der Waals surface area contributed by atoms with E-state index in [-0.39, 0.29) is 12.4 Å². The quantitative estimate of drug-likeness (QED) is 0.489. The minimum atomic E-state index is -3.35. The summed E-state index contributed by atoms with van der Waals surface area (Å²) in [4.78, 5) is 10.9. The summed E-state index contributed by atoms with van der Waals surface area (Å²) in [6, 6.07) is 4.98. The molecule has 0 bridgehead atoms. The van der Waals surface area contributed by atoms with Gasteiger partial charge in [0.2, 0.25) is 0 Å². The molecule has 0 aromatic heterocycles. The number of nitrogens with zero attached hydrogens (tertiary/aromatic N) is 1. The summed E-state index contributed by atoms with van der Waals surface area (Å²) in [5.41, 5.74) is 6.06. The van der Waals surface area contributed by atoms with E-state index in [1.165, 1.54) is 0 Å². The van der Waals surface area contributed by atoms with Gasteiger partial charge in [0.1, 0.15) is 12.4 Å². The van der Waals surface area contributed by atoms with Crippen LogP contribution in [-0.2, 0) is 0 Å². The number of nitrogens with two attached hydrogens (primary N) is 1. The lowest BCUT2D eigenvalue weighted by Gasteiger charge is -2.41. The number of nitrogens with one attached hydrogen (secondary N) is 2. The van der Waals surface area contributed by atoms with E-state index < -0.39 is 22.6 Å². The zero-order valence-electron chi connectivity index (χ0n) is 12.2. The Morgan fingerprint density at radius 3 is 2.83 bits per heavy atom. The number of anilines is 1. The molecule has 0 saturated heterocycles. The number of amides is 1. The molecule has 126 valence electrons. The van der Waals surface area contributed by atoms with E-state index in [1.807, 2.05) is 0 Å². The Labute approximate surface area is 134 Å². The minimum Gasteiger partial charge on any atom is -0.490 e. The van der Waals surface area contributed by atoms with E-state index in [0.717, 1.165) is 6.42 Å². The first-order valence-electron chi connectivity index (χ1n) is 6.99. The van der Waals surface area contributed by atoms with E-state index in [2.05, 4.69) is 14.4 Å². The van der Waals surface area contributed by atoms with Gasteiger partial charge in [0.05, 0.1) is 16.8 Å². The molecule has 1 fully saturated rings. The molecule has 7 N–H and O–H groups in total. The van der Waals surface area contributed by atoms with Crippen molar-refractivity contribution >= 4 is 28.6 Å². The van der Waals surface area contributed by atoms with Crippen molar-refractivity contribution < 1.29 is 23.7 Å². The molecule has 0 atom stereocenters. The Morgan fingerprint density at radius 2 is 2.22 bits per heavy atom. The highest BCUT2D eigenvalue weighted by molar-refractivity contribution is 8.24. The van der Waals surface area contributed by atoms with E-state index in [0.29, 0.717) is 29.8 Å². The molecule has 1 saturated carbocycles. The zero-order valence-corrected chi connectivity index (χ0v) is 13.0. The second-order valence-electron chi connectivity index (χ2n) is 5.63. The van der Waals surface area contributed by atoms with Crippen LogP contribution >= 0.6 is 11.0 Å². The maximum Gasteiger partial charge on any atom is 0.405 e. The van der Waals surface area contributed by atoms with Crippen molar-refractivity contribution in [2.24, 2.45) is 10.1 Å². The Bertz CT molecular complexity index is 674. The van der Waals surface area contributed by atoms with Crippen molar-refractivity contribution in [3.05, 3.63) is 23.8 Å². The molecular formula is C13H18N4O5S. The Hall–Kier alpha value is -2.17. The van der Waals surface area contributed by atoms with Gasteiger partial charge in [-0.15, -0.1) is 4.40 Å². The highest BCUT2D eigenvalue weighted by atomic mass is 32.3. The van der Waals surface area contributed by atoms with Gasteiger partial charge in [-0.05, 0) is 42.4 Å². The molecule has 23 heavy (non-hydrogen) atoms. The highest BCUT2D eigenvalue weighted by Gasteiger charge is 2.40. The van der Waals surface area contributed by atoms with E-state index >= 15 is 0 Å². The first kappa shape index (κ1) is 15.7. The zero-order chi connectivity index (χ0) is 16.7. The van der Waals surface area contributed by atoms with Gasteiger partial charge in [-0.2, -0.15) is 0 Å². The SMILES string of the molecule is NC1=NS(O)(O)Nc2cccc(OCC3(NC(=O)O)CCC3)c21. The maximum absolute atomic E-state index is 10.9. The number of hydrogen-bond donors (Lipinski definition) is 6. The van der Waals surface area contributed by atoms with Crippen LogP contribution in [0.3, 0.4) is 0 Å². The van der Waals surface area contributed by atoms with E-state index in [9.17, 15) is 13.9 Å². The number of carboxylic acid groups (broad SMARTS) is 1. The van der Waals surface area contributed by atoms with E-state index in [1.54, 1.807) is 18.2 Å². The molecule has 0 radical (unpaired) electrons. The second kappa shape index (κ2) is 5.48. The molecule has 10 heteroatoms. The van der Waals surface area contributed by atoms with E-state index in [4.69, 9.17) is 15.6 Å². The summed E-state index contributed by atoms with van der Waals surface area (Å²) in [6.07, 6.45) is 1.26. The number of rotatable bonds is 4. The lowest BCUT2D eigenvalue weighted by Crippen LogP contribution is -2.57. The average Bonchev–Trinajstić information content (AvgIpc) is 2.39. The van der Waals surface area contributed by atoms with Crippen molar-refractivity contribution in [2.45, 2.75) is 24.8 Å². The summed E-state index contributed by atoms with van der Waals surface area (Å²) in [5, 5.41) is 11.4. The largest absolute Gasteiger partial charge is 0.490 e. The molecule has 0 spiro atoms. The number of fused-ring (bicyclic) bond motifs is 1. The molecule has 9 nitrogen and oxygen atoms in total. The summed E-state index contributed by atoms with van der Waals surface area (Å²) in [5.74, 6) is 0.368. The van der Waals surface area contributed by atoms with Crippen LogP contribution in [0.2, 0.25) is 0 Å². The van der Waals surface area contributed by atoms with Crippen molar-refractivity contribution in [3.8, 4) is 5.75 Å². The predicted molar refractivity (Wildman–Crippen MR) is 86.9 cm³/mol. The molecule has 2 aliphatic rings. The smallest absolute Gasteiger partial charge is 0.405 e. The molecule has 1 heterocycles. The number of amidine groups is 1. The number of benzene rings is 1. The van der Waals surface area contributed by atoms with Crippen LogP contribution in [0.15, 0.2) is 22.6 Å². The normalized spacial score (nSPS) is 21.7. The predicted octanol–water partition coefficient (Wildman–Crippen LogP) is 1.97. The van der Waals surface area contributed by atoms with Gasteiger partial charge in [0, 0.05) is 0 Å².